The van der Waals surface area contributed by atoms with Crippen molar-refractivity contribution in [3.05, 3.63) is 56.4 Å². The van der Waals surface area contributed by atoms with Gasteiger partial charge in [-0.1, -0.05) is 15.9 Å². The van der Waals surface area contributed by atoms with Crippen LogP contribution in [0.15, 0.2) is 39.5 Å². The highest BCUT2D eigenvalue weighted by atomic mass is 79.9. The molecule has 2 aromatic rings. The van der Waals surface area contributed by atoms with Crippen LogP contribution in [0.5, 0.6) is 0 Å². The zero-order chi connectivity index (χ0) is 12.3. The fraction of sp³-hybridized carbons (Fsp3) is 0.231. The standard InChI is InChI=1S/C13H13BrFNS/c14-11-5-10(6-12(15)7-11)13(16)2-1-9-3-4-17-8-9/h3-8,13H,1-2,16H2. The zero-order valence-corrected chi connectivity index (χ0v) is 11.6. The molecule has 2 rings (SSSR count). The smallest absolute Gasteiger partial charge is 0.124 e. The topological polar surface area (TPSA) is 26.0 Å². The maximum Gasteiger partial charge on any atom is 0.124 e. The predicted molar refractivity (Wildman–Crippen MR) is 73.7 cm³/mol. The number of rotatable bonds is 4. The van der Waals surface area contributed by atoms with Crippen LogP contribution < -0.4 is 5.73 Å². The van der Waals surface area contributed by atoms with E-state index in [1.807, 2.05) is 6.07 Å². The number of nitrogens with two attached hydrogens (primary N) is 1. The second-order valence-corrected chi connectivity index (χ2v) is 5.68. The van der Waals surface area contributed by atoms with Crippen LogP contribution in [0.3, 0.4) is 0 Å². The van der Waals surface area contributed by atoms with E-state index >= 15 is 0 Å². The second-order valence-electron chi connectivity index (χ2n) is 3.98. The van der Waals surface area contributed by atoms with Gasteiger partial charge in [-0.05, 0) is 59.0 Å². The molecule has 1 unspecified atom stereocenters. The molecule has 0 saturated carbocycles. The Kier molecular flexibility index (Phi) is 4.31. The molecule has 1 atom stereocenters. The van der Waals surface area contributed by atoms with Crippen molar-refractivity contribution in [3.63, 3.8) is 0 Å². The van der Waals surface area contributed by atoms with Gasteiger partial charge in [-0.25, -0.2) is 4.39 Å². The van der Waals surface area contributed by atoms with Crippen LogP contribution in [-0.4, -0.2) is 0 Å². The molecule has 17 heavy (non-hydrogen) atoms. The average Bonchev–Trinajstić information content (AvgIpc) is 2.77. The van der Waals surface area contributed by atoms with Crippen LogP contribution in [0.2, 0.25) is 0 Å². The largest absolute Gasteiger partial charge is 0.324 e. The first-order chi connectivity index (χ1) is 8.15. The van der Waals surface area contributed by atoms with Gasteiger partial charge in [0.2, 0.25) is 0 Å². The molecule has 4 heteroatoms. The first-order valence-corrected chi connectivity index (χ1v) is 7.11. The Balaban J connectivity index is 2.01. The molecule has 0 fully saturated rings. The minimum atomic E-state index is -0.250. The molecule has 1 aromatic carbocycles. The van der Waals surface area contributed by atoms with E-state index in [1.54, 1.807) is 11.3 Å². The molecule has 0 amide bonds. The van der Waals surface area contributed by atoms with Crippen molar-refractivity contribution in [1.82, 2.24) is 0 Å². The molecular formula is C13H13BrFNS. The highest BCUT2D eigenvalue weighted by molar-refractivity contribution is 9.10. The average molecular weight is 314 g/mol. The van der Waals surface area contributed by atoms with Gasteiger partial charge in [-0.2, -0.15) is 11.3 Å². The van der Waals surface area contributed by atoms with Gasteiger partial charge in [0.1, 0.15) is 5.82 Å². The summed E-state index contributed by atoms with van der Waals surface area (Å²) in [6.45, 7) is 0. The summed E-state index contributed by atoms with van der Waals surface area (Å²) in [5, 5.41) is 4.17. The molecule has 0 aliphatic heterocycles. The summed E-state index contributed by atoms with van der Waals surface area (Å²) in [5.74, 6) is -0.250. The Morgan fingerprint density at radius 1 is 1.35 bits per heavy atom. The SMILES string of the molecule is NC(CCc1ccsc1)c1cc(F)cc(Br)c1. The van der Waals surface area contributed by atoms with E-state index in [9.17, 15) is 4.39 Å². The Morgan fingerprint density at radius 3 is 2.82 bits per heavy atom. The van der Waals surface area contributed by atoms with E-state index in [1.165, 1.54) is 17.7 Å². The van der Waals surface area contributed by atoms with E-state index in [0.717, 1.165) is 22.9 Å². The molecule has 1 heterocycles. The first kappa shape index (κ1) is 12.7. The summed E-state index contributed by atoms with van der Waals surface area (Å²) in [6.07, 6.45) is 1.76. The number of hydrogen-bond donors (Lipinski definition) is 1. The van der Waals surface area contributed by atoms with Crippen LogP contribution in [0.25, 0.3) is 0 Å². The van der Waals surface area contributed by atoms with Crippen LogP contribution >= 0.6 is 27.3 Å². The highest BCUT2D eigenvalue weighted by Crippen LogP contribution is 2.22. The van der Waals surface area contributed by atoms with Gasteiger partial charge in [0, 0.05) is 10.5 Å². The Hall–Kier alpha value is -0.710. The third-order valence-electron chi connectivity index (χ3n) is 2.64. The summed E-state index contributed by atoms with van der Waals surface area (Å²) in [4.78, 5) is 0. The van der Waals surface area contributed by atoms with Crippen LogP contribution in [0.1, 0.15) is 23.6 Å². The van der Waals surface area contributed by atoms with Crippen molar-refractivity contribution in [2.45, 2.75) is 18.9 Å². The Morgan fingerprint density at radius 2 is 2.18 bits per heavy atom. The lowest BCUT2D eigenvalue weighted by molar-refractivity contribution is 0.608. The van der Waals surface area contributed by atoms with Crippen molar-refractivity contribution in [2.24, 2.45) is 5.73 Å². The monoisotopic (exact) mass is 313 g/mol. The number of thiophene rings is 1. The molecule has 0 bridgehead atoms. The summed E-state index contributed by atoms with van der Waals surface area (Å²) in [5.41, 5.74) is 8.20. The molecule has 1 aromatic heterocycles. The Labute approximate surface area is 113 Å². The van der Waals surface area contributed by atoms with Gasteiger partial charge in [-0.3, -0.25) is 0 Å². The van der Waals surface area contributed by atoms with Crippen LogP contribution in [-0.2, 0) is 6.42 Å². The predicted octanol–water partition coefficient (Wildman–Crippen LogP) is 4.28. The fourth-order valence-corrected chi connectivity index (χ4v) is 2.90. The third-order valence-corrected chi connectivity index (χ3v) is 3.83. The Bertz CT molecular complexity index is 464. The number of halogens is 2. The number of hydrogen-bond acceptors (Lipinski definition) is 2. The molecule has 0 aliphatic rings. The van der Waals surface area contributed by atoms with Crippen molar-refractivity contribution < 1.29 is 4.39 Å². The maximum atomic E-state index is 13.2. The first-order valence-electron chi connectivity index (χ1n) is 5.38. The third kappa shape index (κ3) is 3.63. The number of aryl methyl sites for hydroxylation is 1. The maximum absolute atomic E-state index is 13.2. The summed E-state index contributed by atoms with van der Waals surface area (Å²) < 4.78 is 14.0. The summed E-state index contributed by atoms with van der Waals surface area (Å²) >= 11 is 4.96. The molecule has 2 N–H and O–H groups in total. The van der Waals surface area contributed by atoms with Crippen LogP contribution in [0.4, 0.5) is 4.39 Å². The zero-order valence-electron chi connectivity index (χ0n) is 9.20. The van der Waals surface area contributed by atoms with Gasteiger partial charge in [0.05, 0.1) is 0 Å². The van der Waals surface area contributed by atoms with Gasteiger partial charge in [0.25, 0.3) is 0 Å². The quantitative estimate of drug-likeness (QED) is 0.895. The van der Waals surface area contributed by atoms with Crippen molar-refractivity contribution in [2.75, 3.05) is 0 Å². The van der Waals surface area contributed by atoms with E-state index < -0.39 is 0 Å². The van der Waals surface area contributed by atoms with Crippen molar-refractivity contribution >= 4 is 27.3 Å². The molecule has 1 nitrogen and oxygen atoms in total. The fourth-order valence-electron chi connectivity index (χ4n) is 1.71. The number of benzene rings is 1. The van der Waals surface area contributed by atoms with Crippen molar-refractivity contribution in [3.8, 4) is 0 Å². The summed E-state index contributed by atoms with van der Waals surface area (Å²) in [6, 6.07) is 6.79. The van der Waals surface area contributed by atoms with Gasteiger partial charge >= 0.3 is 0 Å². The van der Waals surface area contributed by atoms with Gasteiger partial charge < -0.3 is 5.73 Å². The van der Waals surface area contributed by atoms with E-state index in [4.69, 9.17) is 5.73 Å². The molecule has 0 saturated heterocycles. The molecule has 90 valence electrons. The van der Waals surface area contributed by atoms with E-state index in [0.29, 0.717) is 0 Å². The van der Waals surface area contributed by atoms with Gasteiger partial charge in [-0.15, -0.1) is 0 Å². The summed E-state index contributed by atoms with van der Waals surface area (Å²) in [7, 11) is 0. The minimum absolute atomic E-state index is 0.123. The minimum Gasteiger partial charge on any atom is -0.324 e. The molecular weight excluding hydrogens is 301 g/mol. The van der Waals surface area contributed by atoms with Gasteiger partial charge in [0.15, 0.2) is 0 Å². The lowest BCUT2D eigenvalue weighted by Crippen LogP contribution is -2.11. The lowest BCUT2D eigenvalue weighted by Gasteiger charge is -2.12. The lowest BCUT2D eigenvalue weighted by atomic mass is 10.0. The van der Waals surface area contributed by atoms with Crippen LogP contribution in [0, 0.1) is 5.82 Å². The van der Waals surface area contributed by atoms with Crippen molar-refractivity contribution in [1.29, 1.82) is 0 Å². The molecule has 0 radical (unpaired) electrons. The molecule has 0 spiro atoms. The van der Waals surface area contributed by atoms with E-state index in [-0.39, 0.29) is 11.9 Å². The van der Waals surface area contributed by atoms with E-state index in [2.05, 4.69) is 32.8 Å². The second kappa shape index (κ2) is 5.76. The normalized spacial score (nSPS) is 12.6. The molecule has 0 aliphatic carbocycles. The highest BCUT2D eigenvalue weighted by Gasteiger charge is 2.08.